The first kappa shape index (κ1) is 14.0. The maximum absolute atomic E-state index is 6.35. The number of rotatable bonds is 5. The summed E-state index contributed by atoms with van der Waals surface area (Å²) in [5.41, 5.74) is 1.89. The summed E-state index contributed by atoms with van der Waals surface area (Å²) in [4.78, 5) is 3.99. The Morgan fingerprint density at radius 2 is 2.00 bits per heavy atom. The highest BCUT2D eigenvalue weighted by Crippen LogP contribution is 2.26. The van der Waals surface area contributed by atoms with E-state index in [1.807, 2.05) is 27.7 Å². The van der Waals surface area contributed by atoms with Crippen molar-refractivity contribution in [3.63, 3.8) is 0 Å². The summed E-state index contributed by atoms with van der Waals surface area (Å²) >= 11 is 12.0. The molecule has 0 N–H and O–H groups in total. The van der Waals surface area contributed by atoms with E-state index in [0.29, 0.717) is 12.3 Å². The fourth-order valence-electron chi connectivity index (χ4n) is 1.17. The highest BCUT2D eigenvalue weighted by atomic mass is 35.5. The second kappa shape index (κ2) is 5.77. The standard InChI is InChI=1S/C11H19Cl2N/c1-8(2)14-10(4)11(5,13)6-9(3)7-12/h8H,3,6-7H2,1-2,4-5H3. The topological polar surface area (TPSA) is 12.4 Å². The lowest BCUT2D eigenvalue weighted by molar-refractivity contribution is 0.764. The number of hydrogen-bond donors (Lipinski definition) is 0. The van der Waals surface area contributed by atoms with Gasteiger partial charge in [-0.2, -0.15) is 0 Å². The maximum Gasteiger partial charge on any atom is 0.0828 e. The number of nitrogens with zero attached hydrogens (tertiary/aromatic N) is 1. The van der Waals surface area contributed by atoms with Crippen molar-refractivity contribution < 1.29 is 0 Å². The molecular weight excluding hydrogens is 217 g/mol. The van der Waals surface area contributed by atoms with Crippen LogP contribution in [0.5, 0.6) is 0 Å². The van der Waals surface area contributed by atoms with Gasteiger partial charge in [-0.25, -0.2) is 0 Å². The van der Waals surface area contributed by atoms with E-state index in [1.54, 1.807) is 0 Å². The molecule has 82 valence electrons. The molecule has 0 aliphatic heterocycles. The lowest BCUT2D eigenvalue weighted by Gasteiger charge is -2.23. The first-order valence-corrected chi connectivity index (χ1v) is 5.67. The van der Waals surface area contributed by atoms with Gasteiger partial charge in [0.25, 0.3) is 0 Å². The summed E-state index contributed by atoms with van der Waals surface area (Å²) in [6.07, 6.45) is 0.681. The van der Waals surface area contributed by atoms with Crippen molar-refractivity contribution in [3.8, 4) is 0 Å². The summed E-state index contributed by atoms with van der Waals surface area (Å²) in [5, 5.41) is 0. The molecule has 0 aliphatic rings. The Bertz CT molecular complexity index is 229. The van der Waals surface area contributed by atoms with Gasteiger partial charge < -0.3 is 0 Å². The summed E-state index contributed by atoms with van der Waals surface area (Å²) in [6.45, 7) is 11.8. The van der Waals surface area contributed by atoms with Gasteiger partial charge in [0.15, 0.2) is 0 Å². The molecule has 1 nitrogen and oxygen atoms in total. The van der Waals surface area contributed by atoms with Crippen LogP contribution in [-0.2, 0) is 0 Å². The Kier molecular flexibility index (Phi) is 5.77. The normalized spacial score (nSPS) is 16.9. The van der Waals surface area contributed by atoms with Crippen LogP contribution in [0.25, 0.3) is 0 Å². The molecular formula is C11H19Cl2N. The first-order valence-electron chi connectivity index (χ1n) is 4.76. The molecule has 1 atom stereocenters. The summed E-state index contributed by atoms with van der Waals surface area (Å²) in [7, 11) is 0. The zero-order valence-electron chi connectivity index (χ0n) is 9.40. The largest absolute Gasteiger partial charge is 0.290 e. The van der Waals surface area contributed by atoms with E-state index in [4.69, 9.17) is 23.2 Å². The van der Waals surface area contributed by atoms with E-state index < -0.39 is 4.87 Å². The second-order valence-corrected chi connectivity index (χ2v) is 5.17. The van der Waals surface area contributed by atoms with Crippen LogP contribution in [0.15, 0.2) is 17.1 Å². The molecule has 3 heteroatoms. The molecule has 0 saturated carbocycles. The number of hydrogen-bond acceptors (Lipinski definition) is 1. The van der Waals surface area contributed by atoms with Crippen molar-refractivity contribution in [2.45, 2.75) is 45.0 Å². The average molecular weight is 236 g/mol. The first-order chi connectivity index (χ1) is 6.29. The van der Waals surface area contributed by atoms with Crippen LogP contribution in [0.4, 0.5) is 0 Å². The van der Waals surface area contributed by atoms with E-state index in [9.17, 15) is 0 Å². The summed E-state index contributed by atoms with van der Waals surface area (Å²) < 4.78 is 0. The number of allylic oxidation sites excluding steroid dienone is 1. The molecule has 0 heterocycles. The third-order valence-electron chi connectivity index (χ3n) is 1.98. The van der Waals surface area contributed by atoms with Crippen molar-refractivity contribution in [3.05, 3.63) is 12.2 Å². The Balaban J connectivity index is 4.52. The van der Waals surface area contributed by atoms with Gasteiger partial charge in [0.05, 0.1) is 4.87 Å². The quantitative estimate of drug-likeness (QED) is 0.388. The SMILES string of the molecule is C=C(CCl)CC(C)(Cl)C(C)=NC(C)C. The minimum absolute atomic E-state index is 0.275. The van der Waals surface area contributed by atoms with Crippen LogP contribution in [0.1, 0.15) is 34.1 Å². The third-order valence-corrected chi connectivity index (χ3v) is 2.76. The molecule has 14 heavy (non-hydrogen) atoms. The number of halogens is 2. The fraction of sp³-hybridized carbons (Fsp3) is 0.727. The molecule has 0 bridgehead atoms. The lowest BCUT2D eigenvalue weighted by Crippen LogP contribution is -2.28. The molecule has 0 rings (SSSR count). The molecule has 1 unspecified atom stereocenters. The van der Waals surface area contributed by atoms with Gasteiger partial charge in [0.1, 0.15) is 0 Å². The van der Waals surface area contributed by atoms with Gasteiger partial charge in [-0.15, -0.1) is 23.2 Å². The lowest BCUT2D eigenvalue weighted by atomic mass is 9.97. The van der Waals surface area contributed by atoms with Gasteiger partial charge in [-0.3, -0.25) is 4.99 Å². The van der Waals surface area contributed by atoms with Gasteiger partial charge in [-0.1, -0.05) is 12.2 Å². The van der Waals surface area contributed by atoms with Crippen molar-refractivity contribution >= 4 is 28.9 Å². The van der Waals surface area contributed by atoms with Crippen molar-refractivity contribution in [2.75, 3.05) is 5.88 Å². The van der Waals surface area contributed by atoms with Gasteiger partial charge in [0.2, 0.25) is 0 Å². The van der Waals surface area contributed by atoms with Gasteiger partial charge in [0, 0.05) is 17.6 Å². The molecule has 0 amide bonds. The highest BCUT2D eigenvalue weighted by molar-refractivity contribution is 6.35. The van der Waals surface area contributed by atoms with Crippen molar-refractivity contribution in [1.29, 1.82) is 0 Å². The van der Waals surface area contributed by atoms with Crippen LogP contribution in [0, 0.1) is 0 Å². The number of alkyl halides is 2. The average Bonchev–Trinajstić information content (AvgIpc) is 2.02. The Morgan fingerprint density at radius 1 is 1.50 bits per heavy atom. The predicted molar refractivity (Wildman–Crippen MR) is 67.0 cm³/mol. The molecule has 0 aromatic carbocycles. The molecule has 0 saturated heterocycles. The molecule has 0 spiro atoms. The highest BCUT2D eigenvalue weighted by Gasteiger charge is 2.25. The molecule has 0 aliphatic carbocycles. The minimum Gasteiger partial charge on any atom is -0.290 e. The summed E-state index contributed by atoms with van der Waals surface area (Å²) in [6, 6.07) is 0.275. The van der Waals surface area contributed by atoms with Crippen LogP contribution in [-0.4, -0.2) is 22.5 Å². The molecule has 0 aromatic heterocycles. The van der Waals surface area contributed by atoms with E-state index in [0.717, 1.165) is 11.3 Å². The Hall–Kier alpha value is -0.0100. The monoisotopic (exact) mass is 235 g/mol. The van der Waals surface area contributed by atoms with Crippen molar-refractivity contribution in [2.24, 2.45) is 4.99 Å². The van der Waals surface area contributed by atoms with Crippen LogP contribution in [0.2, 0.25) is 0 Å². The zero-order chi connectivity index (χ0) is 11.4. The third kappa shape index (κ3) is 5.02. The van der Waals surface area contributed by atoms with Crippen LogP contribution in [0.3, 0.4) is 0 Å². The van der Waals surface area contributed by atoms with E-state index >= 15 is 0 Å². The van der Waals surface area contributed by atoms with Crippen LogP contribution >= 0.6 is 23.2 Å². The second-order valence-electron chi connectivity index (χ2n) is 4.07. The molecule has 0 fully saturated rings. The van der Waals surface area contributed by atoms with Crippen molar-refractivity contribution in [1.82, 2.24) is 0 Å². The predicted octanol–water partition coefficient (Wildman–Crippen LogP) is 4.04. The molecule has 0 aromatic rings. The summed E-state index contributed by atoms with van der Waals surface area (Å²) in [5.74, 6) is 0.456. The van der Waals surface area contributed by atoms with Crippen LogP contribution < -0.4 is 0 Å². The Labute approximate surface area is 97.2 Å². The maximum atomic E-state index is 6.35. The smallest absolute Gasteiger partial charge is 0.0828 e. The van der Waals surface area contributed by atoms with E-state index in [1.165, 1.54) is 0 Å². The molecule has 0 radical (unpaired) electrons. The minimum atomic E-state index is -0.448. The Morgan fingerprint density at radius 3 is 2.36 bits per heavy atom. The van der Waals surface area contributed by atoms with Gasteiger partial charge >= 0.3 is 0 Å². The fourth-order valence-corrected chi connectivity index (χ4v) is 1.50. The van der Waals surface area contributed by atoms with E-state index in [-0.39, 0.29) is 6.04 Å². The zero-order valence-corrected chi connectivity index (χ0v) is 10.9. The van der Waals surface area contributed by atoms with Gasteiger partial charge in [-0.05, 0) is 34.1 Å². The van der Waals surface area contributed by atoms with E-state index in [2.05, 4.69) is 11.6 Å². The number of aliphatic imine (C=N–C) groups is 1.